The summed E-state index contributed by atoms with van der Waals surface area (Å²) in [6.07, 6.45) is 0. The molecule has 0 radical (unpaired) electrons. The fourth-order valence-electron chi connectivity index (χ4n) is 0.736. The van der Waals surface area contributed by atoms with Gasteiger partial charge in [0.2, 0.25) is 0 Å². The highest BCUT2D eigenvalue weighted by Crippen LogP contribution is 2.17. The lowest BCUT2D eigenvalue weighted by Gasteiger charge is -2.04. The first-order valence-electron chi connectivity index (χ1n) is 3.38. The van der Waals surface area contributed by atoms with Crippen LogP contribution in [0.15, 0.2) is 18.2 Å². The number of rotatable bonds is 3. The van der Waals surface area contributed by atoms with Gasteiger partial charge >= 0.3 is 0 Å². The van der Waals surface area contributed by atoms with Gasteiger partial charge in [-0.15, -0.1) is 0 Å². The van der Waals surface area contributed by atoms with E-state index in [2.05, 4.69) is 15.9 Å². The van der Waals surface area contributed by atoms with Gasteiger partial charge in [-0.05, 0) is 12.1 Å². The van der Waals surface area contributed by atoms with Crippen LogP contribution in [-0.2, 0) is 0 Å². The molecule has 0 aliphatic rings. The van der Waals surface area contributed by atoms with Gasteiger partial charge in [-0.3, -0.25) is 0 Å². The maximum absolute atomic E-state index is 12.8. The maximum Gasteiger partial charge on any atom is 0.165 e. The molecule has 12 heavy (non-hydrogen) atoms. The van der Waals surface area contributed by atoms with Gasteiger partial charge < -0.3 is 4.74 Å². The van der Waals surface area contributed by atoms with Gasteiger partial charge in [0.05, 0.1) is 6.61 Å². The Morgan fingerprint density at radius 3 is 2.75 bits per heavy atom. The Morgan fingerprint density at radius 1 is 1.33 bits per heavy atom. The molecule has 1 rings (SSSR count). The Hall–Kier alpha value is -0.640. The Bertz CT molecular complexity index is 265. The predicted octanol–water partition coefficient (Wildman–Crippen LogP) is 2.74. The summed E-state index contributed by atoms with van der Waals surface area (Å²) in [6, 6.07) is 3.12. The average molecular weight is 237 g/mol. The van der Waals surface area contributed by atoms with Crippen LogP contribution in [0.4, 0.5) is 8.78 Å². The second-order valence-electron chi connectivity index (χ2n) is 2.11. The van der Waals surface area contributed by atoms with Gasteiger partial charge in [0.15, 0.2) is 11.6 Å². The predicted molar refractivity (Wildman–Crippen MR) is 45.6 cm³/mol. The van der Waals surface area contributed by atoms with Crippen molar-refractivity contribution in [1.29, 1.82) is 0 Å². The van der Waals surface area contributed by atoms with Crippen LogP contribution in [0.1, 0.15) is 0 Å². The molecule has 0 N–H and O–H groups in total. The number of alkyl halides is 1. The first-order chi connectivity index (χ1) is 5.74. The lowest BCUT2D eigenvalue weighted by atomic mass is 10.3. The van der Waals surface area contributed by atoms with E-state index in [9.17, 15) is 8.78 Å². The van der Waals surface area contributed by atoms with E-state index in [-0.39, 0.29) is 5.75 Å². The second-order valence-corrected chi connectivity index (χ2v) is 2.91. The third kappa shape index (κ3) is 2.44. The number of ether oxygens (including phenoxy) is 1. The number of halogens is 3. The fraction of sp³-hybridized carbons (Fsp3) is 0.250. The molecule has 0 saturated carbocycles. The molecule has 0 atom stereocenters. The van der Waals surface area contributed by atoms with Crippen LogP contribution in [0.5, 0.6) is 5.75 Å². The molecule has 0 aliphatic carbocycles. The van der Waals surface area contributed by atoms with E-state index >= 15 is 0 Å². The molecule has 66 valence electrons. The number of hydrogen-bond acceptors (Lipinski definition) is 1. The lowest BCUT2D eigenvalue weighted by Crippen LogP contribution is -1.99. The van der Waals surface area contributed by atoms with Crippen molar-refractivity contribution < 1.29 is 13.5 Å². The van der Waals surface area contributed by atoms with Crippen LogP contribution < -0.4 is 4.74 Å². The van der Waals surface area contributed by atoms with Gasteiger partial charge in [-0.25, -0.2) is 8.78 Å². The summed E-state index contributed by atoms with van der Waals surface area (Å²) in [4.78, 5) is 0. The van der Waals surface area contributed by atoms with Crippen molar-refractivity contribution >= 4 is 15.9 Å². The fourth-order valence-corrected chi connectivity index (χ4v) is 0.898. The van der Waals surface area contributed by atoms with E-state index in [1.807, 2.05) is 0 Å². The number of hydrogen-bond donors (Lipinski definition) is 0. The molecule has 0 aliphatic heterocycles. The summed E-state index contributed by atoms with van der Waals surface area (Å²) in [7, 11) is 0. The van der Waals surface area contributed by atoms with Gasteiger partial charge in [-0.1, -0.05) is 15.9 Å². The molecule has 0 spiro atoms. The monoisotopic (exact) mass is 236 g/mol. The molecule has 4 heteroatoms. The van der Waals surface area contributed by atoms with Gasteiger partial charge in [0.1, 0.15) is 5.82 Å². The molecule has 1 aromatic rings. The van der Waals surface area contributed by atoms with Crippen LogP contribution >= 0.6 is 15.9 Å². The summed E-state index contributed by atoms with van der Waals surface area (Å²) >= 11 is 3.11. The zero-order valence-electron chi connectivity index (χ0n) is 6.19. The number of benzene rings is 1. The minimum atomic E-state index is -0.544. The van der Waals surface area contributed by atoms with Crippen molar-refractivity contribution in [2.24, 2.45) is 0 Å². The molecule has 0 heterocycles. The molecule has 1 aromatic carbocycles. The highest BCUT2D eigenvalue weighted by molar-refractivity contribution is 9.09. The minimum absolute atomic E-state index is 0.0468. The van der Waals surface area contributed by atoms with Crippen molar-refractivity contribution in [3.8, 4) is 5.75 Å². The smallest absolute Gasteiger partial charge is 0.165 e. The summed E-state index contributed by atoms with van der Waals surface area (Å²) in [5.74, 6) is -1.09. The van der Waals surface area contributed by atoms with Crippen LogP contribution in [0.2, 0.25) is 0 Å². The van der Waals surface area contributed by atoms with E-state index in [0.29, 0.717) is 11.9 Å². The van der Waals surface area contributed by atoms with E-state index in [1.54, 1.807) is 0 Å². The third-order valence-corrected chi connectivity index (χ3v) is 1.55. The summed E-state index contributed by atoms with van der Waals surface area (Å²) in [6.45, 7) is 0.320. The molecule has 0 amide bonds. The van der Waals surface area contributed by atoms with Crippen molar-refractivity contribution in [2.75, 3.05) is 11.9 Å². The first-order valence-corrected chi connectivity index (χ1v) is 4.50. The Balaban J connectivity index is 2.75. The van der Waals surface area contributed by atoms with Crippen molar-refractivity contribution in [3.05, 3.63) is 29.8 Å². The first kappa shape index (κ1) is 9.45. The highest BCUT2D eigenvalue weighted by Gasteiger charge is 2.03. The average Bonchev–Trinajstić information content (AvgIpc) is 2.07. The van der Waals surface area contributed by atoms with Crippen LogP contribution in [0.3, 0.4) is 0 Å². The molecule has 0 aromatic heterocycles. The Kier molecular flexibility index (Phi) is 3.47. The molecule has 0 fully saturated rings. The topological polar surface area (TPSA) is 9.23 Å². The van der Waals surface area contributed by atoms with Crippen molar-refractivity contribution in [1.82, 2.24) is 0 Å². The zero-order chi connectivity index (χ0) is 8.97. The second kappa shape index (κ2) is 4.40. The van der Waals surface area contributed by atoms with E-state index in [1.165, 1.54) is 0 Å². The highest BCUT2D eigenvalue weighted by atomic mass is 79.9. The quantitative estimate of drug-likeness (QED) is 0.734. The van der Waals surface area contributed by atoms with Gasteiger partial charge in [0.25, 0.3) is 0 Å². The Labute approximate surface area is 77.5 Å². The molecular weight excluding hydrogens is 230 g/mol. The summed E-state index contributed by atoms with van der Waals surface area (Å²) < 4.78 is 30.2. The largest absolute Gasteiger partial charge is 0.490 e. The standard InChI is InChI=1S/C8H7BrF2O/c9-3-4-12-8-5-6(10)1-2-7(8)11/h1-2,5H,3-4H2. The van der Waals surface area contributed by atoms with Crippen molar-refractivity contribution in [2.45, 2.75) is 0 Å². The SMILES string of the molecule is Fc1ccc(F)c(OCCBr)c1. The van der Waals surface area contributed by atoms with Crippen LogP contribution in [0, 0.1) is 11.6 Å². The molecule has 0 bridgehead atoms. The molecule has 0 saturated heterocycles. The Morgan fingerprint density at radius 2 is 2.08 bits per heavy atom. The molecule has 1 nitrogen and oxygen atoms in total. The van der Waals surface area contributed by atoms with E-state index in [0.717, 1.165) is 18.2 Å². The lowest BCUT2D eigenvalue weighted by molar-refractivity contribution is 0.323. The normalized spacial score (nSPS) is 9.92. The van der Waals surface area contributed by atoms with E-state index in [4.69, 9.17) is 4.74 Å². The summed E-state index contributed by atoms with van der Waals surface area (Å²) in [5.41, 5.74) is 0. The van der Waals surface area contributed by atoms with Crippen LogP contribution in [0.25, 0.3) is 0 Å². The zero-order valence-corrected chi connectivity index (χ0v) is 7.77. The molecular formula is C8H7BrF2O. The van der Waals surface area contributed by atoms with E-state index < -0.39 is 11.6 Å². The van der Waals surface area contributed by atoms with Crippen LogP contribution in [-0.4, -0.2) is 11.9 Å². The van der Waals surface area contributed by atoms with Gasteiger partial charge in [0, 0.05) is 11.4 Å². The third-order valence-electron chi connectivity index (χ3n) is 1.23. The minimum Gasteiger partial charge on any atom is -0.490 e. The molecule has 0 unspecified atom stereocenters. The summed E-state index contributed by atoms with van der Waals surface area (Å²) in [5, 5.41) is 0.586. The van der Waals surface area contributed by atoms with Gasteiger partial charge in [-0.2, -0.15) is 0 Å². The van der Waals surface area contributed by atoms with Crippen molar-refractivity contribution in [3.63, 3.8) is 0 Å². The maximum atomic E-state index is 12.8.